The summed E-state index contributed by atoms with van der Waals surface area (Å²) < 4.78 is 16.1. The molecule has 1 aromatic carbocycles. The van der Waals surface area contributed by atoms with Gasteiger partial charge in [-0.1, -0.05) is 6.07 Å². The summed E-state index contributed by atoms with van der Waals surface area (Å²) in [6, 6.07) is 5.59. The Labute approximate surface area is 175 Å². The lowest BCUT2D eigenvalue weighted by Crippen LogP contribution is -2.45. The Morgan fingerprint density at radius 1 is 1.10 bits per heavy atom. The van der Waals surface area contributed by atoms with Gasteiger partial charge in [0.25, 0.3) is 0 Å². The van der Waals surface area contributed by atoms with Gasteiger partial charge in [0.15, 0.2) is 11.5 Å². The first-order chi connectivity index (χ1) is 13.8. The Bertz CT molecular complexity index is 660. The Balaban J connectivity index is 1.96. The van der Waals surface area contributed by atoms with Crippen LogP contribution in [0.5, 0.6) is 11.5 Å². The first-order valence-electron chi connectivity index (χ1n) is 10.4. The zero-order valence-corrected chi connectivity index (χ0v) is 18.8. The minimum Gasteiger partial charge on any atom is -0.493 e. The Morgan fingerprint density at radius 3 is 2.52 bits per heavy atom. The quantitative estimate of drug-likeness (QED) is 0.703. The lowest BCUT2D eigenvalue weighted by Gasteiger charge is -2.34. The molecule has 2 rings (SSSR count). The fourth-order valence-electron chi connectivity index (χ4n) is 3.46. The molecule has 1 fully saturated rings. The number of rotatable bonds is 7. The molecule has 7 heteroatoms. The topological polar surface area (TPSA) is 63.3 Å². The SMILES string of the molecule is COCCOc1ccc([C@@H](C)NC(=O)N2CCCN(C(C)(C)C)CC2)cc1OC. The van der Waals surface area contributed by atoms with Crippen LogP contribution in [0.1, 0.15) is 45.7 Å². The van der Waals surface area contributed by atoms with Gasteiger partial charge in [0.1, 0.15) is 6.61 Å². The van der Waals surface area contributed by atoms with Crippen molar-refractivity contribution >= 4 is 6.03 Å². The van der Waals surface area contributed by atoms with Gasteiger partial charge < -0.3 is 24.4 Å². The highest BCUT2D eigenvalue weighted by atomic mass is 16.5. The Kier molecular flexibility index (Phi) is 8.59. The van der Waals surface area contributed by atoms with Crippen molar-refractivity contribution in [3.05, 3.63) is 23.8 Å². The molecule has 1 saturated heterocycles. The number of ether oxygens (including phenoxy) is 3. The van der Waals surface area contributed by atoms with Gasteiger partial charge in [-0.15, -0.1) is 0 Å². The van der Waals surface area contributed by atoms with Gasteiger partial charge in [-0.05, 0) is 51.8 Å². The number of hydrogen-bond donors (Lipinski definition) is 1. The lowest BCUT2D eigenvalue weighted by atomic mass is 10.1. The molecular formula is C22H37N3O4. The van der Waals surface area contributed by atoms with Gasteiger partial charge in [-0.25, -0.2) is 4.79 Å². The number of carbonyl (C=O) groups is 1. The maximum Gasteiger partial charge on any atom is 0.317 e. The number of methoxy groups -OCH3 is 2. The minimum atomic E-state index is -0.133. The van der Waals surface area contributed by atoms with Crippen LogP contribution >= 0.6 is 0 Å². The summed E-state index contributed by atoms with van der Waals surface area (Å²) in [5.41, 5.74) is 1.10. The van der Waals surface area contributed by atoms with E-state index in [1.807, 2.05) is 30.0 Å². The normalized spacial score (nSPS) is 16.8. The summed E-state index contributed by atoms with van der Waals surface area (Å²) in [5.74, 6) is 1.32. The largest absolute Gasteiger partial charge is 0.493 e. The fraction of sp³-hybridized carbons (Fsp3) is 0.682. The molecule has 0 aromatic heterocycles. The van der Waals surface area contributed by atoms with Crippen LogP contribution in [-0.4, -0.2) is 75.0 Å². The molecule has 1 aromatic rings. The summed E-state index contributed by atoms with van der Waals surface area (Å²) in [4.78, 5) is 17.2. The summed E-state index contributed by atoms with van der Waals surface area (Å²) in [7, 11) is 3.25. The summed E-state index contributed by atoms with van der Waals surface area (Å²) in [6.07, 6.45) is 0.987. The molecule has 7 nitrogen and oxygen atoms in total. The van der Waals surface area contributed by atoms with Crippen LogP contribution in [-0.2, 0) is 4.74 Å². The summed E-state index contributed by atoms with van der Waals surface area (Å²) in [6.45, 7) is 13.1. The van der Waals surface area contributed by atoms with Gasteiger partial charge in [0, 0.05) is 38.8 Å². The van der Waals surface area contributed by atoms with E-state index in [0.717, 1.165) is 38.2 Å². The van der Waals surface area contributed by atoms with Crippen molar-refractivity contribution in [2.24, 2.45) is 0 Å². The smallest absolute Gasteiger partial charge is 0.317 e. The molecule has 1 aliphatic rings. The molecule has 1 atom stereocenters. The average molecular weight is 408 g/mol. The number of carbonyl (C=O) groups excluding carboxylic acids is 1. The third kappa shape index (κ3) is 6.78. The van der Waals surface area contributed by atoms with Crippen molar-refractivity contribution in [3.8, 4) is 11.5 Å². The van der Waals surface area contributed by atoms with Gasteiger partial charge in [0.05, 0.1) is 19.8 Å². The standard InChI is InChI=1S/C22H37N3O4/c1-17(18-8-9-19(20(16-18)28-6)29-15-14-27-5)23-21(26)24-10-7-11-25(13-12-24)22(2,3)4/h8-9,16-17H,7,10-15H2,1-6H3,(H,23,26)/t17-/m1/s1. The van der Waals surface area contributed by atoms with Crippen LogP contribution in [0.15, 0.2) is 18.2 Å². The highest BCUT2D eigenvalue weighted by Crippen LogP contribution is 2.30. The molecule has 0 saturated carbocycles. The molecule has 1 aliphatic heterocycles. The highest BCUT2D eigenvalue weighted by Gasteiger charge is 2.26. The molecule has 0 bridgehead atoms. The molecule has 1 N–H and O–H groups in total. The van der Waals surface area contributed by atoms with Crippen molar-refractivity contribution in [3.63, 3.8) is 0 Å². The van der Waals surface area contributed by atoms with E-state index in [2.05, 4.69) is 31.0 Å². The number of amides is 2. The van der Waals surface area contributed by atoms with Gasteiger partial charge in [-0.3, -0.25) is 4.90 Å². The minimum absolute atomic E-state index is 0.0207. The number of hydrogen-bond acceptors (Lipinski definition) is 5. The van der Waals surface area contributed by atoms with E-state index in [-0.39, 0.29) is 17.6 Å². The van der Waals surface area contributed by atoms with E-state index in [9.17, 15) is 4.79 Å². The summed E-state index contributed by atoms with van der Waals surface area (Å²) >= 11 is 0. The average Bonchev–Trinajstić information content (AvgIpc) is 2.94. The number of nitrogens with one attached hydrogen (secondary N) is 1. The van der Waals surface area contributed by atoms with Crippen LogP contribution in [0, 0.1) is 0 Å². The van der Waals surface area contributed by atoms with Crippen LogP contribution in [0.2, 0.25) is 0 Å². The number of benzene rings is 1. The van der Waals surface area contributed by atoms with E-state index in [1.54, 1.807) is 14.2 Å². The lowest BCUT2D eigenvalue weighted by molar-refractivity contribution is 0.141. The van der Waals surface area contributed by atoms with Crippen molar-refractivity contribution in [1.29, 1.82) is 0 Å². The van der Waals surface area contributed by atoms with E-state index < -0.39 is 0 Å². The predicted octanol–water partition coefficient (Wildman–Crippen LogP) is 3.30. The van der Waals surface area contributed by atoms with Crippen LogP contribution in [0.4, 0.5) is 4.79 Å². The molecule has 164 valence electrons. The first kappa shape index (κ1) is 23.3. The Hall–Kier alpha value is -1.99. The fourth-order valence-corrected chi connectivity index (χ4v) is 3.46. The second-order valence-electron chi connectivity index (χ2n) is 8.42. The molecule has 1 heterocycles. The number of urea groups is 1. The van der Waals surface area contributed by atoms with Crippen LogP contribution < -0.4 is 14.8 Å². The molecule has 2 amide bonds. The van der Waals surface area contributed by atoms with E-state index >= 15 is 0 Å². The summed E-state index contributed by atoms with van der Waals surface area (Å²) in [5, 5.41) is 3.12. The van der Waals surface area contributed by atoms with Crippen molar-refractivity contribution in [1.82, 2.24) is 15.1 Å². The highest BCUT2D eigenvalue weighted by molar-refractivity contribution is 5.74. The third-order valence-corrected chi connectivity index (χ3v) is 5.30. The van der Waals surface area contributed by atoms with Crippen molar-refractivity contribution in [2.45, 2.75) is 45.7 Å². The molecule has 0 unspecified atom stereocenters. The molecule has 0 aliphatic carbocycles. The molecular weight excluding hydrogens is 370 g/mol. The third-order valence-electron chi connectivity index (χ3n) is 5.30. The second-order valence-corrected chi connectivity index (χ2v) is 8.42. The molecule has 0 radical (unpaired) electrons. The second kappa shape index (κ2) is 10.7. The van der Waals surface area contributed by atoms with Crippen LogP contribution in [0.3, 0.4) is 0 Å². The van der Waals surface area contributed by atoms with Crippen LogP contribution in [0.25, 0.3) is 0 Å². The van der Waals surface area contributed by atoms with Gasteiger partial charge >= 0.3 is 6.03 Å². The molecule has 0 spiro atoms. The number of nitrogens with zero attached hydrogens (tertiary/aromatic N) is 2. The zero-order chi connectivity index (χ0) is 21.4. The van der Waals surface area contributed by atoms with Crippen molar-refractivity contribution in [2.75, 3.05) is 53.6 Å². The van der Waals surface area contributed by atoms with E-state index in [1.165, 1.54) is 0 Å². The van der Waals surface area contributed by atoms with Gasteiger partial charge in [-0.2, -0.15) is 0 Å². The van der Waals surface area contributed by atoms with E-state index in [4.69, 9.17) is 14.2 Å². The van der Waals surface area contributed by atoms with Gasteiger partial charge in [0.2, 0.25) is 0 Å². The van der Waals surface area contributed by atoms with Crippen molar-refractivity contribution < 1.29 is 19.0 Å². The first-order valence-corrected chi connectivity index (χ1v) is 10.4. The maximum absolute atomic E-state index is 12.8. The van der Waals surface area contributed by atoms with E-state index in [0.29, 0.717) is 24.7 Å². The monoisotopic (exact) mass is 407 g/mol. The predicted molar refractivity (Wildman–Crippen MR) is 115 cm³/mol. The Morgan fingerprint density at radius 2 is 1.86 bits per heavy atom. The molecule has 29 heavy (non-hydrogen) atoms. The maximum atomic E-state index is 12.8. The zero-order valence-electron chi connectivity index (χ0n) is 18.8.